The summed E-state index contributed by atoms with van der Waals surface area (Å²) in [7, 11) is 0. The van der Waals surface area contributed by atoms with Crippen molar-refractivity contribution in [2.75, 3.05) is 19.8 Å². The van der Waals surface area contributed by atoms with Gasteiger partial charge in [-0.1, -0.05) is 12.2 Å². The average Bonchev–Trinajstić information content (AvgIpc) is 2.36. The molecule has 4 nitrogen and oxygen atoms in total. The van der Waals surface area contributed by atoms with Crippen LogP contribution in [0.4, 0.5) is 0 Å². The maximum atomic E-state index is 5.87. The summed E-state index contributed by atoms with van der Waals surface area (Å²) < 4.78 is 22.8. The minimum absolute atomic E-state index is 0.00673. The van der Waals surface area contributed by atoms with Crippen molar-refractivity contribution in [1.29, 1.82) is 0 Å². The molecule has 0 spiro atoms. The Balaban J connectivity index is 2.45. The predicted molar refractivity (Wildman–Crippen MR) is 75.1 cm³/mol. The topological polar surface area (TPSA) is 36.9 Å². The molecule has 0 saturated carbocycles. The second-order valence-electron chi connectivity index (χ2n) is 4.91. The normalized spacial score (nSPS) is 27.4. The average molecular weight is 270 g/mol. The Labute approximate surface area is 116 Å². The fourth-order valence-electron chi connectivity index (χ4n) is 2.05. The summed E-state index contributed by atoms with van der Waals surface area (Å²) in [6.07, 6.45) is 5.12. The molecular formula is C15H26O4. The summed E-state index contributed by atoms with van der Waals surface area (Å²) in [4.78, 5) is 0. The van der Waals surface area contributed by atoms with Crippen molar-refractivity contribution < 1.29 is 18.9 Å². The van der Waals surface area contributed by atoms with E-state index in [9.17, 15) is 0 Å². The number of rotatable bonds is 9. The molecular weight excluding hydrogens is 244 g/mol. The van der Waals surface area contributed by atoms with E-state index in [1.165, 1.54) is 0 Å². The van der Waals surface area contributed by atoms with Gasteiger partial charge >= 0.3 is 0 Å². The lowest BCUT2D eigenvalue weighted by atomic mass is 10.1. The standard InChI is InChI=1S/C15H26O4/c1-5-7-16-11-14-9-13(17-8-6-2)10-15(19-14)18-12(3)4/h5-6,12-15H,1-2,7-11H2,3-4H3/t13?,14-,15?/m0/s1. The van der Waals surface area contributed by atoms with Gasteiger partial charge < -0.3 is 18.9 Å². The zero-order chi connectivity index (χ0) is 14.1. The van der Waals surface area contributed by atoms with E-state index in [2.05, 4.69) is 13.2 Å². The molecule has 1 saturated heterocycles. The Kier molecular flexibility index (Phi) is 7.98. The molecule has 0 aliphatic carbocycles. The molecule has 1 aliphatic heterocycles. The van der Waals surface area contributed by atoms with E-state index >= 15 is 0 Å². The lowest BCUT2D eigenvalue weighted by molar-refractivity contribution is -0.240. The molecule has 0 bridgehead atoms. The third kappa shape index (κ3) is 6.87. The van der Waals surface area contributed by atoms with Gasteiger partial charge in [-0.2, -0.15) is 0 Å². The Bertz CT molecular complexity index is 265. The molecule has 110 valence electrons. The van der Waals surface area contributed by atoms with Gasteiger partial charge in [0.25, 0.3) is 0 Å². The molecule has 1 rings (SSSR count). The summed E-state index contributed by atoms with van der Waals surface area (Å²) in [5, 5.41) is 0. The van der Waals surface area contributed by atoms with Crippen LogP contribution >= 0.6 is 0 Å². The second kappa shape index (κ2) is 9.26. The van der Waals surface area contributed by atoms with Crippen molar-refractivity contribution in [2.24, 2.45) is 0 Å². The van der Waals surface area contributed by atoms with Crippen molar-refractivity contribution in [2.45, 2.75) is 51.3 Å². The Morgan fingerprint density at radius 1 is 1.21 bits per heavy atom. The first-order valence-corrected chi connectivity index (χ1v) is 6.87. The Morgan fingerprint density at radius 2 is 1.95 bits per heavy atom. The highest BCUT2D eigenvalue weighted by Gasteiger charge is 2.31. The van der Waals surface area contributed by atoms with Gasteiger partial charge in [0, 0.05) is 12.8 Å². The second-order valence-corrected chi connectivity index (χ2v) is 4.91. The molecule has 0 aromatic rings. The summed E-state index contributed by atoms with van der Waals surface area (Å²) in [6.45, 7) is 12.9. The highest BCUT2D eigenvalue weighted by molar-refractivity contribution is 4.77. The molecule has 1 aliphatic rings. The Hall–Kier alpha value is -0.680. The van der Waals surface area contributed by atoms with Crippen LogP contribution in [0.3, 0.4) is 0 Å². The lowest BCUT2D eigenvalue weighted by Gasteiger charge is -2.35. The molecule has 0 aromatic carbocycles. The van der Waals surface area contributed by atoms with Crippen molar-refractivity contribution in [3.05, 3.63) is 25.3 Å². The molecule has 0 aromatic heterocycles. The predicted octanol–water partition coefficient (Wildman–Crippen LogP) is 2.69. The van der Waals surface area contributed by atoms with Gasteiger partial charge in [0.05, 0.1) is 38.1 Å². The smallest absolute Gasteiger partial charge is 0.160 e. The van der Waals surface area contributed by atoms with E-state index in [0.29, 0.717) is 19.8 Å². The van der Waals surface area contributed by atoms with Crippen molar-refractivity contribution in [3.63, 3.8) is 0 Å². The van der Waals surface area contributed by atoms with Crippen LogP contribution in [-0.4, -0.2) is 44.4 Å². The fraction of sp³-hybridized carbons (Fsp3) is 0.733. The molecule has 1 heterocycles. The van der Waals surface area contributed by atoms with Crippen molar-refractivity contribution in [1.82, 2.24) is 0 Å². The Morgan fingerprint density at radius 3 is 2.58 bits per heavy atom. The van der Waals surface area contributed by atoms with E-state index in [-0.39, 0.29) is 24.6 Å². The maximum absolute atomic E-state index is 5.87. The first-order chi connectivity index (χ1) is 9.15. The highest BCUT2D eigenvalue weighted by atomic mass is 16.7. The lowest BCUT2D eigenvalue weighted by Crippen LogP contribution is -2.41. The zero-order valence-corrected chi connectivity index (χ0v) is 12.0. The van der Waals surface area contributed by atoms with E-state index in [1.807, 2.05) is 13.8 Å². The van der Waals surface area contributed by atoms with E-state index in [0.717, 1.165) is 12.8 Å². The van der Waals surface area contributed by atoms with E-state index in [4.69, 9.17) is 18.9 Å². The van der Waals surface area contributed by atoms with Gasteiger partial charge in [0.15, 0.2) is 6.29 Å². The fourth-order valence-corrected chi connectivity index (χ4v) is 2.05. The van der Waals surface area contributed by atoms with Crippen molar-refractivity contribution >= 4 is 0 Å². The van der Waals surface area contributed by atoms with Gasteiger partial charge in [-0.25, -0.2) is 0 Å². The van der Waals surface area contributed by atoms with Crippen LogP contribution < -0.4 is 0 Å². The SMILES string of the molecule is C=CCOC[C@@H]1CC(OCC=C)CC(OC(C)C)O1. The molecule has 2 unspecified atom stereocenters. The van der Waals surface area contributed by atoms with E-state index in [1.54, 1.807) is 12.2 Å². The van der Waals surface area contributed by atoms with Crippen LogP contribution in [0.1, 0.15) is 26.7 Å². The minimum Gasteiger partial charge on any atom is -0.375 e. The maximum Gasteiger partial charge on any atom is 0.160 e. The highest BCUT2D eigenvalue weighted by Crippen LogP contribution is 2.24. The van der Waals surface area contributed by atoms with Crippen LogP contribution in [0.2, 0.25) is 0 Å². The molecule has 3 atom stereocenters. The van der Waals surface area contributed by atoms with E-state index < -0.39 is 0 Å². The third-order valence-corrected chi connectivity index (χ3v) is 2.74. The summed E-state index contributed by atoms with van der Waals surface area (Å²) >= 11 is 0. The number of hydrogen-bond acceptors (Lipinski definition) is 4. The summed E-state index contributed by atoms with van der Waals surface area (Å²) in [6, 6.07) is 0. The minimum atomic E-state index is -0.221. The molecule has 0 radical (unpaired) electrons. The van der Waals surface area contributed by atoms with Crippen LogP contribution in [-0.2, 0) is 18.9 Å². The largest absolute Gasteiger partial charge is 0.375 e. The van der Waals surface area contributed by atoms with Crippen molar-refractivity contribution in [3.8, 4) is 0 Å². The number of ether oxygens (including phenoxy) is 4. The first-order valence-electron chi connectivity index (χ1n) is 6.87. The monoisotopic (exact) mass is 270 g/mol. The first kappa shape index (κ1) is 16.4. The van der Waals surface area contributed by atoms with Crippen LogP contribution in [0, 0.1) is 0 Å². The molecule has 1 fully saturated rings. The summed E-state index contributed by atoms with van der Waals surface area (Å²) in [5.74, 6) is 0. The van der Waals surface area contributed by atoms with Gasteiger partial charge in [-0.05, 0) is 13.8 Å². The van der Waals surface area contributed by atoms with Gasteiger partial charge in [0.2, 0.25) is 0 Å². The van der Waals surface area contributed by atoms with Gasteiger partial charge in [-0.15, -0.1) is 13.2 Å². The van der Waals surface area contributed by atoms with Crippen LogP contribution in [0.25, 0.3) is 0 Å². The van der Waals surface area contributed by atoms with Gasteiger partial charge in [-0.3, -0.25) is 0 Å². The molecule has 0 amide bonds. The quantitative estimate of drug-likeness (QED) is 0.477. The molecule has 19 heavy (non-hydrogen) atoms. The third-order valence-electron chi connectivity index (χ3n) is 2.74. The van der Waals surface area contributed by atoms with Crippen LogP contribution in [0.15, 0.2) is 25.3 Å². The number of hydrogen-bond donors (Lipinski definition) is 0. The summed E-state index contributed by atoms with van der Waals surface area (Å²) in [5.41, 5.74) is 0. The molecule has 0 N–H and O–H groups in total. The molecule has 4 heteroatoms. The van der Waals surface area contributed by atoms with Crippen LogP contribution in [0.5, 0.6) is 0 Å². The zero-order valence-electron chi connectivity index (χ0n) is 12.0. The van der Waals surface area contributed by atoms with Gasteiger partial charge in [0.1, 0.15) is 0 Å².